The Hall–Kier alpha value is -1.58. The quantitative estimate of drug-likeness (QED) is 0.584. The van der Waals surface area contributed by atoms with Crippen LogP contribution in [-0.4, -0.2) is 12.6 Å². The van der Waals surface area contributed by atoms with Crippen LogP contribution in [0.15, 0.2) is 42.0 Å². The Balaban J connectivity index is 2.24. The molecule has 0 aliphatic heterocycles. The van der Waals surface area contributed by atoms with Crippen molar-refractivity contribution in [3.8, 4) is 10.4 Å². The molecule has 1 aromatic heterocycles. The fraction of sp³-hybridized carbons (Fsp3) is 0.188. The number of thiophene rings is 1. The first-order chi connectivity index (χ1) is 9.61. The van der Waals surface area contributed by atoms with Crippen molar-refractivity contribution in [2.75, 3.05) is 6.61 Å². The number of carbonyl (C=O) groups is 1. The van der Waals surface area contributed by atoms with Gasteiger partial charge in [0.25, 0.3) is 0 Å². The summed E-state index contributed by atoms with van der Waals surface area (Å²) in [5, 5.41) is 0.729. The molecule has 0 N–H and O–H groups in total. The van der Waals surface area contributed by atoms with Crippen molar-refractivity contribution in [1.29, 1.82) is 0 Å². The lowest BCUT2D eigenvalue weighted by Crippen LogP contribution is -2.04. The van der Waals surface area contributed by atoms with Crippen LogP contribution in [0, 0.1) is 0 Å². The Labute approximate surface area is 127 Å². The van der Waals surface area contributed by atoms with Gasteiger partial charge in [0.2, 0.25) is 0 Å². The summed E-state index contributed by atoms with van der Waals surface area (Å²) in [6, 6.07) is 11.7. The molecule has 4 heteroatoms. The minimum Gasteiger partial charge on any atom is -0.463 e. The summed E-state index contributed by atoms with van der Waals surface area (Å²) in [6.07, 6.45) is 1.84. The van der Waals surface area contributed by atoms with Gasteiger partial charge in [0.15, 0.2) is 0 Å². The maximum Gasteiger partial charge on any atom is 0.333 e. The summed E-state index contributed by atoms with van der Waals surface area (Å²) in [4.78, 5) is 13.7. The smallest absolute Gasteiger partial charge is 0.333 e. The van der Waals surface area contributed by atoms with Crippen molar-refractivity contribution in [2.24, 2.45) is 0 Å². The SMILES string of the molecule is CCOC(=O)/C(C)=C/c1ccc(-c2ccccc2Cl)s1. The Kier molecular flexibility index (Phi) is 4.99. The van der Waals surface area contributed by atoms with E-state index in [9.17, 15) is 4.79 Å². The summed E-state index contributed by atoms with van der Waals surface area (Å²) in [5.74, 6) is -0.278. The predicted octanol–water partition coefficient (Wildman–Crippen LogP) is 5.03. The normalized spacial score (nSPS) is 11.4. The molecule has 1 heterocycles. The third kappa shape index (κ3) is 3.50. The Morgan fingerprint density at radius 2 is 2.05 bits per heavy atom. The zero-order chi connectivity index (χ0) is 14.5. The fourth-order valence-corrected chi connectivity index (χ4v) is 3.10. The third-order valence-corrected chi connectivity index (χ3v) is 4.12. The summed E-state index contributed by atoms with van der Waals surface area (Å²) < 4.78 is 4.96. The molecule has 0 bridgehead atoms. The molecule has 0 unspecified atom stereocenters. The number of halogens is 1. The van der Waals surface area contributed by atoms with Gasteiger partial charge in [-0.25, -0.2) is 4.79 Å². The number of carbonyl (C=O) groups excluding carboxylic acids is 1. The van der Waals surface area contributed by atoms with Crippen molar-refractivity contribution in [2.45, 2.75) is 13.8 Å². The van der Waals surface area contributed by atoms with Crippen molar-refractivity contribution in [3.05, 3.63) is 51.9 Å². The minimum absolute atomic E-state index is 0.278. The second-order valence-corrected chi connectivity index (χ2v) is 5.75. The van der Waals surface area contributed by atoms with E-state index in [4.69, 9.17) is 16.3 Å². The van der Waals surface area contributed by atoms with Crippen LogP contribution in [0.5, 0.6) is 0 Å². The first-order valence-corrected chi connectivity index (χ1v) is 7.51. The Morgan fingerprint density at radius 1 is 1.30 bits per heavy atom. The average Bonchev–Trinajstić information content (AvgIpc) is 2.87. The fourth-order valence-electron chi connectivity index (χ4n) is 1.75. The van der Waals surface area contributed by atoms with Gasteiger partial charge in [0.05, 0.1) is 6.61 Å². The molecule has 0 fully saturated rings. The molecule has 0 aliphatic carbocycles. The molecule has 2 nitrogen and oxygen atoms in total. The largest absolute Gasteiger partial charge is 0.463 e. The highest BCUT2D eigenvalue weighted by atomic mass is 35.5. The number of esters is 1. The van der Waals surface area contributed by atoms with Gasteiger partial charge in [-0.2, -0.15) is 0 Å². The third-order valence-electron chi connectivity index (χ3n) is 2.72. The van der Waals surface area contributed by atoms with Gasteiger partial charge < -0.3 is 4.74 Å². The van der Waals surface area contributed by atoms with E-state index < -0.39 is 0 Å². The zero-order valence-electron chi connectivity index (χ0n) is 11.4. The average molecular weight is 307 g/mol. The molecule has 104 valence electrons. The monoisotopic (exact) mass is 306 g/mol. The zero-order valence-corrected chi connectivity index (χ0v) is 12.9. The molecule has 1 aromatic carbocycles. The van der Waals surface area contributed by atoms with E-state index in [1.54, 1.807) is 25.2 Å². The van der Waals surface area contributed by atoms with Crippen molar-refractivity contribution >= 4 is 35.0 Å². The second kappa shape index (κ2) is 6.73. The number of hydrogen-bond donors (Lipinski definition) is 0. The van der Waals surface area contributed by atoms with Gasteiger partial charge in [-0.1, -0.05) is 29.8 Å². The lowest BCUT2D eigenvalue weighted by Gasteiger charge is -2.00. The number of ether oxygens (including phenoxy) is 1. The van der Waals surface area contributed by atoms with E-state index in [0.717, 1.165) is 20.3 Å². The molecule has 0 radical (unpaired) electrons. The van der Waals surface area contributed by atoms with Crippen LogP contribution in [0.2, 0.25) is 5.02 Å². The molecule has 0 saturated heterocycles. The van der Waals surface area contributed by atoms with Crippen LogP contribution in [0.3, 0.4) is 0 Å². The van der Waals surface area contributed by atoms with Crippen LogP contribution in [0.25, 0.3) is 16.5 Å². The van der Waals surface area contributed by atoms with Gasteiger partial charge in [0, 0.05) is 25.9 Å². The van der Waals surface area contributed by atoms with Crippen molar-refractivity contribution in [3.63, 3.8) is 0 Å². The first kappa shape index (κ1) is 14.8. The molecule has 0 spiro atoms. The van der Waals surface area contributed by atoms with Crippen molar-refractivity contribution in [1.82, 2.24) is 0 Å². The standard InChI is InChI=1S/C16H15ClO2S/c1-3-19-16(18)11(2)10-12-8-9-15(20-12)13-6-4-5-7-14(13)17/h4-10H,3H2,1-2H3/b11-10+. The van der Waals surface area contributed by atoms with E-state index in [1.165, 1.54) is 0 Å². The van der Waals surface area contributed by atoms with Crippen LogP contribution in [0.4, 0.5) is 0 Å². The molecule has 2 rings (SSSR count). The first-order valence-electron chi connectivity index (χ1n) is 6.32. The summed E-state index contributed by atoms with van der Waals surface area (Å²) in [5.41, 5.74) is 1.60. The molecule has 20 heavy (non-hydrogen) atoms. The topological polar surface area (TPSA) is 26.3 Å². The maximum absolute atomic E-state index is 11.6. The van der Waals surface area contributed by atoms with E-state index in [2.05, 4.69) is 0 Å². The lowest BCUT2D eigenvalue weighted by molar-refractivity contribution is -0.138. The van der Waals surface area contributed by atoms with E-state index in [-0.39, 0.29) is 5.97 Å². The van der Waals surface area contributed by atoms with Gasteiger partial charge >= 0.3 is 5.97 Å². The summed E-state index contributed by atoms with van der Waals surface area (Å²) >= 11 is 7.78. The predicted molar refractivity (Wildman–Crippen MR) is 85.0 cm³/mol. The molecule has 0 amide bonds. The van der Waals surface area contributed by atoms with Crippen molar-refractivity contribution < 1.29 is 9.53 Å². The van der Waals surface area contributed by atoms with Gasteiger partial charge in [0.1, 0.15) is 0 Å². The molecule has 0 saturated carbocycles. The van der Waals surface area contributed by atoms with E-state index >= 15 is 0 Å². The van der Waals surface area contributed by atoms with Gasteiger partial charge in [-0.15, -0.1) is 11.3 Å². The number of benzene rings is 1. The lowest BCUT2D eigenvalue weighted by atomic mass is 10.2. The minimum atomic E-state index is -0.278. The van der Waals surface area contributed by atoms with E-state index in [0.29, 0.717) is 12.2 Å². The molecule has 0 aliphatic rings. The number of hydrogen-bond acceptors (Lipinski definition) is 3. The Bertz CT molecular complexity index is 643. The Morgan fingerprint density at radius 3 is 2.75 bits per heavy atom. The van der Waals surface area contributed by atoms with Crippen LogP contribution < -0.4 is 0 Å². The van der Waals surface area contributed by atoms with Crippen LogP contribution in [0.1, 0.15) is 18.7 Å². The van der Waals surface area contributed by atoms with Crippen LogP contribution in [-0.2, 0) is 9.53 Å². The van der Waals surface area contributed by atoms with Gasteiger partial charge in [-0.3, -0.25) is 0 Å². The molecule has 2 aromatic rings. The molecular weight excluding hydrogens is 292 g/mol. The summed E-state index contributed by atoms with van der Waals surface area (Å²) in [7, 11) is 0. The highest BCUT2D eigenvalue weighted by molar-refractivity contribution is 7.16. The number of rotatable bonds is 4. The highest BCUT2D eigenvalue weighted by Crippen LogP contribution is 2.33. The van der Waals surface area contributed by atoms with Gasteiger partial charge in [-0.05, 0) is 38.1 Å². The summed E-state index contributed by atoms with van der Waals surface area (Å²) in [6.45, 7) is 3.94. The maximum atomic E-state index is 11.6. The second-order valence-electron chi connectivity index (χ2n) is 4.23. The molecular formula is C16H15ClO2S. The van der Waals surface area contributed by atoms with E-state index in [1.807, 2.05) is 42.5 Å². The van der Waals surface area contributed by atoms with Crippen LogP contribution >= 0.6 is 22.9 Å². The highest BCUT2D eigenvalue weighted by Gasteiger charge is 2.08. The molecule has 0 atom stereocenters.